The summed E-state index contributed by atoms with van der Waals surface area (Å²) in [5.41, 5.74) is 1.34. The predicted molar refractivity (Wildman–Crippen MR) is 171 cm³/mol. The van der Waals surface area contributed by atoms with E-state index in [2.05, 4.69) is 18.5 Å². The van der Waals surface area contributed by atoms with Crippen LogP contribution in [0, 0.1) is 31.6 Å². The number of anilines is 1. The molecule has 1 aromatic rings. The van der Waals surface area contributed by atoms with E-state index in [1.807, 2.05) is 45.9 Å². The van der Waals surface area contributed by atoms with Crippen LogP contribution in [0.2, 0.25) is 0 Å². The zero-order chi connectivity index (χ0) is 33.1. The number of nitrogens with zero attached hydrogens (tertiary/aromatic N) is 2. The minimum absolute atomic E-state index is 0.129. The summed E-state index contributed by atoms with van der Waals surface area (Å²) < 4.78 is 12.4. The summed E-state index contributed by atoms with van der Waals surface area (Å²) in [4.78, 5) is 58.3. The van der Waals surface area contributed by atoms with Gasteiger partial charge in [-0.3, -0.25) is 19.2 Å². The molecule has 0 aromatic heterocycles. The lowest BCUT2D eigenvalue weighted by Gasteiger charge is -2.40. The van der Waals surface area contributed by atoms with Crippen molar-refractivity contribution in [3.8, 4) is 0 Å². The fourth-order valence-corrected chi connectivity index (χ4v) is 7.34. The fraction of sp³-hybridized carbons (Fsp3) is 0.600. The number of allylic oxidation sites excluding steroid dienone is 1. The van der Waals surface area contributed by atoms with E-state index in [0.717, 1.165) is 11.1 Å². The maximum absolute atomic E-state index is 14.8. The van der Waals surface area contributed by atoms with Crippen LogP contribution in [0.1, 0.15) is 64.0 Å². The normalized spacial score (nSPS) is 26.4. The number of benzene rings is 1. The van der Waals surface area contributed by atoms with E-state index < -0.39 is 47.7 Å². The molecule has 0 radical (unpaired) electrons. The van der Waals surface area contributed by atoms with E-state index in [0.29, 0.717) is 37.8 Å². The van der Waals surface area contributed by atoms with Crippen LogP contribution in [0.25, 0.3) is 0 Å². The predicted octanol–water partition coefficient (Wildman–Crippen LogP) is 3.62. The first-order valence-corrected chi connectivity index (χ1v) is 16.1. The summed E-state index contributed by atoms with van der Waals surface area (Å²) >= 11 is 0. The number of nitrogens with one attached hydrogen (secondary N) is 1. The van der Waals surface area contributed by atoms with Gasteiger partial charge in [0.2, 0.25) is 11.8 Å². The lowest BCUT2D eigenvalue weighted by atomic mass is 9.70. The lowest BCUT2D eigenvalue weighted by molar-refractivity contribution is -0.159. The first kappa shape index (κ1) is 34.4. The Morgan fingerprint density at radius 3 is 2.60 bits per heavy atom. The molecule has 0 unspecified atom stereocenters. The third kappa shape index (κ3) is 6.72. The Morgan fingerprint density at radius 1 is 1.22 bits per heavy atom. The van der Waals surface area contributed by atoms with Crippen LogP contribution >= 0.6 is 0 Å². The molecule has 3 aliphatic heterocycles. The molecule has 2 bridgehead atoms. The first-order chi connectivity index (χ1) is 21.4. The Labute approximate surface area is 266 Å². The van der Waals surface area contributed by atoms with Crippen LogP contribution in [0.3, 0.4) is 0 Å². The number of hydrogen-bond acceptors (Lipinski definition) is 7. The Balaban J connectivity index is 1.69. The molecule has 0 aliphatic carbocycles. The fourth-order valence-electron chi connectivity index (χ4n) is 7.34. The molecule has 2 N–H and O–H groups in total. The van der Waals surface area contributed by atoms with Crippen molar-refractivity contribution in [3.63, 3.8) is 0 Å². The first-order valence-electron chi connectivity index (χ1n) is 16.1. The van der Waals surface area contributed by atoms with E-state index in [-0.39, 0.29) is 43.3 Å². The number of fused-ring (bicyclic) bond motifs is 1. The summed E-state index contributed by atoms with van der Waals surface area (Å²) in [6.45, 7) is 17.1. The molecule has 3 fully saturated rings. The molecule has 4 rings (SSSR count). The molecule has 1 spiro atoms. The minimum Gasteiger partial charge on any atom is -0.460 e. The maximum Gasteiger partial charge on any atom is 0.312 e. The SMILES string of the molecule is C=CCCC(=O)NC[C@H](C)OC(=O)[C@@H]1[C@H]2C(=O)N([C@@H](CO)CC(C)C)[C@H](C(=O)N(CC=C)c3cc(C)ccc3C)[C@]23CC[C@H]1O3. The van der Waals surface area contributed by atoms with Gasteiger partial charge in [-0.05, 0) is 69.6 Å². The van der Waals surface area contributed by atoms with Gasteiger partial charge in [-0.15, -0.1) is 13.2 Å². The van der Waals surface area contributed by atoms with Gasteiger partial charge in [-0.25, -0.2) is 0 Å². The summed E-state index contributed by atoms with van der Waals surface area (Å²) in [6, 6.07) is 4.19. The molecule has 1 aromatic carbocycles. The average Bonchev–Trinajstić information content (AvgIpc) is 3.64. The molecule has 10 heteroatoms. The quantitative estimate of drug-likeness (QED) is 0.226. The monoisotopic (exact) mass is 623 g/mol. The van der Waals surface area contributed by atoms with E-state index in [9.17, 15) is 24.3 Å². The molecule has 3 amide bonds. The summed E-state index contributed by atoms with van der Waals surface area (Å²) in [5, 5.41) is 13.3. The summed E-state index contributed by atoms with van der Waals surface area (Å²) in [7, 11) is 0. The highest BCUT2D eigenvalue weighted by Crippen LogP contribution is 2.59. The molecule has 3 saturated heterocycles. The number of esters is 1. The number of rotatable bonds is 15. The highest BCUT2D eigenvalue weighted by Gasteiger charge is 2.75. The second-order valence-corrected chi connectivity index (χ2v) is 13.2. The Morgan fingerprint density at radius 2 is 1.96 bits per heavy atom. The number of likely N-dealkylation sites (tertiary alicyclic amines) is 1. The second-order valence-electron chi connectivity index (χ2n) is 13.2. The number of aliphatic hydroxyl groups is 1. The van der Waals surface area contributed by atoms with Gasteiger partial charge in [-0.1, -0.05) is 38.1 Å². The molecule has 246 valence electrons. The number of aryl methyl sites for hydroxylation is 2. The van der Waals surface area contributed by atoms with Crippen molar-refractivity contribution in [2.45, 2.75) is 96.6 Å². The van der Waals surface area contributed by atoms with Gasteiger partial charge < -0.3 is 29.7 Å². The zero-order valence-corrected chi connectivity index (χ0v) is 27.3. The standard InChI is InChI=1S/C35H49N3O7/c1-8-10-11-28(40)36-19-24(7)44-34(43)29-27-14-15-35(45-27)30(29)32(41)38(25(20-39)17-21(3)4)31(35)33(42)37(16-9-2)26-18-22(5)12-13-23(26)6/h8-9,12-13,18,21,24-25,27,29-31,39H,1-2,10-11,14-17,19-20H2,3-7H3,(H,36,40)/t24-,25+,27+,29-,30-,31+,35-/m0/s1. The number of aliphatic hydroxyl groups excluding tert-OH is 1. The van der Waals surface area contributed by atoms with E-state index >= 15 is 0 Å². The second kappa shape index (κ2) is 14.3. The van der Waals surface area contributed by atoms with Crippen molar-refractivity contribution in [2.24, 2.45) is 17.8 Å². The Kier molecular flexibility index (Phi) is 10.9. The molecule has 3 aliphatic rings. The number of ether oxygens (including phenoxy) is 2. The van der Waals surface area contributed by atoms with E-state index in [1.54, 1.807) is 24.0 Å². The number of carbonyl (C=O) groups excluding carboxylic acids is 4. The van der Waals surface area contributed by atoms with Crippen LogP contribution in [-0.4, -0.2) is 83.3 Å². The van der Waals surface area contributed by atoms with Gasteiger partial charge in [0.25, 0.3) is 5.91 Å². The summed E-state index contributed by atoms with van der Waals surface area (Å²) in [6.07, 6.45) is 4.33. The number of carbonyl (C=O) groups is 4. The molecule has 10 nitrogen and oxygen atoms in total. The average molecular weight is 624 g/mol. The van der Waals surface area contributed by atoms with Gasteiger partial charge in [0.1, 0.15) is 17.7 Å². The van der Waals surface area contributed by atoms with E-state index in [1.165, 1.54) is 4.90 Å². The highest BCUT2D eigenvalue weighted by molar-refractivity contribution is 6.05. The van der Waals surface area contributed by atoms with Gasteiger partial charge >= 0.3 is 5.97 Å². The molecule has 7 atom stereocenters. The van der Waals surface area contributed by atoms with Crippen LogP contribution < -0.4 is 10.2 Å². The van der Waals surface area contributed by atoms with Crippen LogP contribution in [0.5, 0.6) is 0 Å². The third-order valence-corrected chi connectivity index (χ3v) is 9.30. The van der Waals surface area contributed by atoms with Crippen molar-refractivity contribution in [1.82, 2.24) is 10.2 Å². The molecule has 45 heavy (non-hydrogen) atoms. The maximum atomic E-state index is 14.8. The summed E-state index contributed by atoms with van der Waals surface area (Å²) in [5.74, 6) is -3.16. The molecule has 3 heterocycles. The minimum atomic E-state index is -1.24. The largest absolute Gasteiger partial charge is 0.460 e. The van der Waals surface area contributed by atoms with Crippen molar-refractivity contribution in [2.75, 3.05) is 24.6 Å². The van der Waals surface area contributed by atoms with Gasteiger partial charge in [0.05, 0.1) is 37.1 Å². The van der Waals surface area contributed by atoms with Crippen LogP contribution in [0.15, 0.2) is 43.5 Å². The van der Waals surface area contributed by atoms with Gasteiger partial charge in [0, 0.05) is 18.7 Å². The third-order valence-electron chi connectivity index (χ3n) is 9.30. The molecule has 0 saturated carbocycles. The Bertz CT molecular complexity index is 1310. The van der Waals surface area contributed by atoms with Crippen LogP contribution in [0.4, 0.5) is 5.69 Å². The number of hydrogen-bond donors (Lipinski definition) is 2. The number of amides is 3. The van der Waals surface area contributed by atoms with E-state index in [4.69, 9.17) is 9.47 Å². The lowest BCUT2D eigenvalue weighted by Crippen LogP contribution is -2.59. The Hall–Kier alpha value is -3.50. The van der Waals surface area contributed by atoms with Crippen LogP contribution in [-0.2, 0) is 28.7 Å². The van der Waals surface area contributed by atoms with Crippen molar-refractivity contribution in [3.05, 3.63) is 54.6 Å². The topological polar surface area (TPSA) is 125 Å². The van der Waals surface area contributed by atoms with Gasteiger partial charge in [0.15, 0.2) is 0 Å². The van der Waals surface area contributed by atoms with Gasteiger partial charge in [-0.2, -0.15) is 0 Å². The van der Waals surface area contributed by atoms with Crippen molar-refractivity contribution >= 4 is 29.4 Å². The van der Waals surface area contributed by atoms with Crippen molar-refractivity contribution < 1.29 is 33.8 Å². The molecular formula is C35H49N3O7. The highest BCUT2D eigenvalue weighted by atomic mass is 16.6. The zero-order valence-electron chi connectivity index (χ0n) is 27.3. The van der Waals surface area contributed by atoms with Crippen molar-refractivity contribution in [1.29, 1.82) is 0 Å². The molecular weight excluding hydrogens is 574 g/mol. The smallest absolute Gasteiger partial charge is 0.312 e.